The van der Waals surface area contributed by atoms with E-state index in [9.17, 15) is 9.90 Å². The van der Waals surface area contributed by atoms with Gasteiger partial charge in [-0.2, -0.15) is 0 Å². The monoisotopic (exact) mass is 284 g/mol. The maximum Gasteiger partial charge on any atom is 0.257 e. The zero-order valence-electron chi connectivity index (χ0n) is 11.6. The molecule has 1 heterocycles. The molecule has 0 fully saturated rings. The molecule has 0 radical (unpaired) electrons. The van der Waals surface area contributed by atoms with Crippen LogP contribution in [0, 0.1) is 0 Å². The second-order valence-electron chi connectivity index (χ2n) is 4.98. The van der Waals surface area contributed by atoms with Crippen LogP contribution >= 0.6 is 0 Å². The van der Waals surface area contributed by atoms with Crippen molar-refractivity contribution in [2.24, 2.45) is 0 Å². The minimum Gasteiger partial charge on any atom is -0.480 e. The van der Waals surface area contributed by atoms with Crippen LogP contribution < -0.4 is 10.1 Å². The topological polar surface area (TPSA) is 71.5 Å². The number of pyridine rings is 1. The number of hydrogen-bond acceptors (Lipinski definition) is 4. The Balaban J connectivity index is 1.85. The van der Waals surface area contributed by atoms with Crippen molar-refractivity contribution in [3.63, 3.8) is 0 Å². The number of rotatable bonds is 3. The maximum absolute atomic E-state index is 12.4. The summed E-state index contributed by atoms with van der Waals surface area (Å²) in [4.78, 5) is 16.4. The van der Waals surface area contributed by atoms with Crippen LogP contribution in [0.3, 0.4) is 0 Å². The molecule has 1 aromatic heterocycles. The third-order valence-electron chi connectivity index (χ3n) is 3.70. The van der Waals surface area contributed by atoms with Gasteiger partial charge in [0.2, 0.25) is 5.88 Å². The first-order valence-electron chi connectivity index (χ1n) is 6.76. The molecule has 0 spiro atoms. The van der Waals surface area contributed by atoms with E-state index < -0.39 is 12.1 Å². The van der Waals surface area contributed by atoms with Gasteiger partial charge in [-0.25, -0.2) is 4.98 Å². The van der Waals surface area contributed by atoms with E-state index in [-0.39, 0.29) is 11.8 Å². The highest BCUT2D eigenvalue weighted by Gasteiger charge is 2.32. The molecule has 0 aliphatic heterocycles. The standard InChI is InChI=1S/C16H16N2O3/c1-21-16-12(7-4-8-17-16)15(20)18-14-11-6-3-2-5-10(11)9-13(14)19/h2-8,13-14,19H,9H2,1H3,(H,18,20)/t13-,14+/m1/s1. The molecule has 3 rings (SSSR count). The number of aliphatic hydroxyl groups is 1. The SMILES string of the molecule is COc1ncccc1C(=O)N[C@H]1c2ccccc2C[C@H]1O. The summed E-state index contributed by atoms with van der Waals surface area (Å²) < 4.78 is 5.09. The van der Waals surface area contributed by atoms with Crippen molar-refractivity contribution in [2.75, 3.05) is 7.11 Å². The van der Waals surface area contributed by atoms with E-state index in [4.69, 9.17) is 4.74 Å². The summed E-state index contributed by atoms with van der Waals surface area (Å²) in [5, 5.41) is 13.0. The Morgan fingerprint density at radius 1 is 1.33 bits per heavy atom. The maximum atomic E-state index is 12.4. The smallest absolute Gasteiger partial charge is 0.257 e. The Hall–Kier alpha value is -2.40. The molecule has 108 valence electrons. The summed E-state index contributed by atoms with van der Waals surface area (Å²) >= 11 is 0. The molecular formula is C16H16N2O3. The van der Waals surface area contributed by atoms with Crippen LogP contribution in [0.1, 0.15) is 27.5 Å². The number of nitrogens with one attached hydrogen (secondary N) is 1. The summed E-state index contributed by atoms with van der Waals surface area (Å²) in [7, 11) is 1.47. The first-order chi connectivity index (χ1) is 10.2. The van der Waals surface area contributed by atoms with Gasteiger partial charge >= 0.3 is 0 Å². The third kappa shape index (κ3) is 2.48. The molecule has 2 N–H and O–H groups in total. The van der Waals surface area contributed by atoms with E-state index in [1.807, 2.05) is 24.3 Å². The summed E-state index contributed by atoms with van der Waals surface area (Å²) in [6.45, 7) is 0. The van der Waals surface area contributed by atoms with Gasteiger partial charge in [0.15, 0.2) is 0 Å². The predicted molar refractivity (Wildman–Crippen MR) is 77.1 cm³/mol. The molecule has 0 saturated carbocycles. The average molecular weight is 284 g/mol. The van der Waals surface area contributed by atoms with Crippen molar-refractivity contribution in [1.82, 2.24) is 10.3 Å². The lowest BCUT2D eigenvalue weighted by Gasteiger charge is -2.18. The Morgan fingerprint density at radius 3 is 2.95 bits per heavy atom. The van der Waals surface area contributed by atoms with Crippen molar-refractivity contribution in [3.05, 3.63) is 59.3 Å². The zero-order chi connectivity index (χ0) is 14.8. The van der Waals surface area contributed by atoms with Crippen LogP contribution in [0.2, 0.25) is 0 Å². The van der Waals surface area contributed by atoms with Crippen molar-refractivity contribution in [1.29, 1.82) is 0 Å². The number of amides is 1. The van der Waals surface area contributed by atoms with E-state index in [1.54, 1.807) is 18.3 Å². The molecule has 1 aromatic carbocycles. The number of carbonyl (C=O) groups is 1. The normalized spacial score (nSPS) is 19.9. The van der Waals surface area contributed by atoms with Gasteiger partial charge in [0.05, 0.1) is 19.3 Å². The van der Waals surface area contributed by atoms with E-state index >= 15 is 0 Å². The molecule has 2 atom stereocenters. The lowest BCUT2D eigenvalue weighted by molar-refractivity contribution is 0.0854. The van der Waals surface area contributed by atoms with Gasteiger partial charge in [-0.05, 0) is 23.3 Å². The van der Waals surface area contributed by atoms with Crippen LogP contribution in [-0.2, 0) is 6.42 Å². The number of benzene rings is 1. The molecule has 2 aromatic rings. The number of aliphatic hydroxyl groups excluding tert-OH is 1. The zero-order valence-corrected chi connectivity index (χ0v) is 11.6. The molecule has 1 aliphatic carbocycles. The van der Waals surface area contributed by atoms with Gasteiger partial charge in [0.25, 0.3) is 5.91 Å². The van der Waals surface area contributed by atoms with Crippen molar-refractivity contribution in [2.45, 2.75) is 18.6 Å². The van der Waals surface area contributed by atoms with E-state index in [2.05, 4.69) is 10.3 Å². The highest BCUT2D eigenvalue weighted by Crippen LogP contribution is 2.31. The van der Waals surface area contributed by atoms with Crippen molar-refractivity contribution < 1.29 is 14.6 Å². The summed E-state index contributed by atoms with van der Waals surface area (Å²) in [6, 6.07) is 10.6. The predicted octanol–water partition coefficient (Wildman–Crippen LogP) is 1.48. The lowest BCUT2D eigenvalue weighted by Crippen LogP contribution is -2.34. The van der Waals surface area contributed by atoms with Crippen LogP contribution in [0.25, 0.3) is 0 Å². The molecule has 0 unspecified atom stereocenters. The van der Waals surface area contributed by atoms with Gasteiger partial charge in [-0.1, -0.05) is 24.3 Å². The van der Waals surface area contributed by atoms with Crippen LogP contribution in [0.5, 0.6) is 5.88 Å². The highest BCUT2D eigenvalue weighted by molar-refractivity contribution is 5.96. The minimum absolute atomic E-state index is 0.274. The average Bonchev–Trinajstić information content (AvgIpc) is 2.83. The fourth-order valence-electron chi connectivity index (χ4n) is 2.69. The van der Waals surface area contributed by atoms with E-state index in [1.165, 1.54) is 7.11 Å². The Labute approximate surface area is 122 Å². The summed E-state index contributed by atoms with van der Waals surface area (Å²) in [5.41, 5.74) is 2.38. The molecule has 5 heteroatoms. The Bertz CT molecular complexity index is 672. The molecule has 0 bridgehead atoms. The number of carbonyl (C=O) groups excluding carboxylic acids is 1. The lowest BCUT2D eigenvalue weighted by atomic mass is 10.1. The second kappa shape index (κ2) is 5.54. The Morgan fingerprint density at radius 2 is 2.14 bits per heavy atom. The molecular weight excluding hydrogens is 268 g/mol. The number of methoxy groups -OCH3 is 1. The number of ether oxygens (including phenoxy) is 1. The quantitative estimate of drug-likeness (QED) is 0.895. The first kappa shape index (κ1) is 13.6. The molecule has 1 aliphatic rings. The fourth-order valence-corrected chi connectivity index (χ4v) is 2.69. The van der Waals surface area contributed by atoms with Crippen LogP contribution in [-0.4, -0.2) is 29.2 Å². The molecule has 5 nitrogen and oxygen atoms in total. The molecule has 1 amide bonds. The van der Waals surface area contributed by atoms with E-state index in [0.29, 0.717) is 12.0 Å². The van der Waals surface area contributed by atoms with Gasteiger partial charge in [-0.15, -0.1) is 0 Å². The van der Waals surface area contributed by atoms with Crippen LogP contribution in [0.4, 0.5) is 0 Å². The Kier molecular flexibility index (Phi) is 3.58. The molecule has 0 saturated heterocycles. The number of fused-ring (bicyclic) bond motifs is 1. The van der Waals surface area contributed by atoms with Crippen LogP contribution in [0.15, 0.2) is 42.6 Å². The van der Waals surface area contributed by atoms with Gasteiger partial charge < -0.3 is 15.2 Å². The second-order valence-corrected chi connectivity index (χ2v) is 4.98. The number of aromatic nitrogens is 1. The van der Waals surface area contributed by atoms with E-state index in [0.717, 1.165) is 11.1 Å². The van der Waals surface area contributed by atoms with Crippen molar-refractivity contribution in [3.8, 4) is 5.88 Å². The van der Waals surface area contributed by atoms with Gasteiger partial charge in [0, 0.05) is 12.6 Å². The third-order valence-corrected chi connectivity index (χ3v) is 3.70. The number of nitrogens with zero attached hydrogens (tertiary/aromatic N) is 1. The highest BCUT2D eigenvalue weighted by atomic mass is 16.5. The molecule has 21 heavy (non-hydrogen) atoms. The fraction of sp³-hybridized carbons (Fsp3) is 0.250. The van der Waals surface area contributed by atoms with Crippen molar-refractivity contribution >= 4 is 5.91 Å². The summed E-state index contributed by atoms with van der Waals surface area (Å²) in [6.07, 6.45) is 1.50. The number of hydrogen-bond donors (Lipinski definition) is 2. The largest absolute Gasteiger partial charge is 0.480 e. The first-order valence-corrected chi connectivity index (χ1v) is 6.76. The van der Waals surface area contributed by atoms with Gasteiger partial charge in [0.1, 0.15) is 5.56 Å². The summed E-state index contributed by atoms with van der Waals surface area (Å²) in [5.74, 6) is -0.0310. The minimum atomic E-state index is -0.617. The van der Waals surface area contributed by atoms with Gasteiger partial charge in [-0.3, -0.25) is 4.79 Å².